The van der Waals surface area contributed by atoms with E-state index in [-0.39, 0.29) is 34.7 Å². The Morgan fingerprint density at radius 3 is 2.39 bits per heavy atom. The summed E-state index contributed by atoms with van der Waals surface area (Å²) in [5, 5.41) is 22.4. The summed E-state index contributed by atoms with van der Waals surface area (Å²) in [4.78, 5) is 29.4. The molecule has 5 rings (SSSR count). The molecule has 0 fully saturated rings. The molecule has 2 aromatic heterocycles. The second-order valence-corrected chi connectivity index (χ2v) is 9.46. The smallest absolute Gasteiger partial charge is 0.326 e. The molecule has 5 aromatic rings. The SMILES string of the molecule is COc1cc(F)c(-c2ccc3nc(C(=O)N[C@@H](Cc4ccc(O)cc4Cc4ccccc4)C(=O)O)cn3c2)c(F)c1. The number of hydrogen-bond donors (Lipinski definition) is 3. The molecule has 3 N–H and O–H groups in total. The predicted octanol–water partition coefficient (Wildman–Crippen LogP) is 5.01. The fourth-order valence-corrected chi connectivity index (χ4v) is 4.64. The maximum absolute atomic E-state index is 14.6. The number of fused-ring (bicyclic) bond motifs is 1. The van der Waals surface area contributed by atoms with E-state index in [9.17, 15) is 28.6 Å². The number of pyridine rings is 1. The maximum Gasteiger partial charge on any atom is 0.326 e. The summed E-state index contributed by atoms with van der Waals surface area (Å²) in [7, 11) is 1.31. The lowest BCUT2D eigenvalue weighted by atomic mass is 9.95. The van der Waals surface area contributed by atoms with Gasteiger partial charge >= 0.3 is 5.97 Å². The number of ether oxygens (including phenoxy) is 1. The van der Waals surface area contributed by atoms with Crippen molar-refractivity contribution in [1.82, 2.24) is 14.7 Å². The first kappa shape index (κ1) is 27.3. The molecule has 3 aromatic carbocycles. The molecule has 0 aliphatic rings. The van der Waals surface area contributed by atoms with Crippen LogP contribution in [-0.2, 0) is 17.6 Å². The monoisotopic (exact) mass is 557 g/mol. The second-order valence-electron chi connectivity index (χ2n) is 9.46. The number of nitrogens with one attached hydrogen (secondary N) is 1. The third-order valence-electron chi connectivity index (χ3n) is 6.68. The number of methoxy groups -OCH3 is 1. The van der Waals surface area contributed by atoms with Crippen molar-refractivity contribution >= 4 is 17.5 Å². The average molecular weight is 558 g/mol. The Morgan fingerprint density at radius 1 is 0.976 bits per heavy atom. The van der Waals surface area contributed by atoms with Gasteiger partial charge in [-0.25, -0.2) is 18.6 Å². The standard InChI is InChI=1S/C31H25F2N3O5/c1-41-23-14-24(32)29(25(33)15-23)20-8-10-28-34-27(17-36(28)16-20)30(38)35-26(31(39)40)13-19-7-9-22(37)12-21(19)11-18-5-3-2-4-6-18/h2-10,12,14-17,26,37H,11,13H2,1H3,(H,35,38)(H,39,40)/t26-/m0/s1. The van der Waals surface area contributed by atoms with Gasteiger partial charge in [-0.05, 0) is 47.4 Å². The van der Waals surface area contributed by atoms with E-state index in [1.807, 2.05) is 30.3 Å². The Labute approximate surface area is 233 Å². The van der Waals surface area contributed by atoms with Crippen LogP contribution >= 0.6 is 0 Å². The molecule has 1 atom stereocenters. The van der Waals surface area contributed by atoms with E-state index >= 15 is 0 Å². The van der Waals surface area contributed by atoms with Gasteiger partial charge in [-0.1, -0.05) is 36.4 Å². The number of phenols is 1. The first-order chi connectivity index (χ1) is 19.7. The molecule has 0 spiro atoms. The number of aliphatic carboxylic acids is 1. The van der Waals surface area contributed by atoms with Gasteiger partial charge in [-0.15, -0.1) is 0 Å². The first-order valence-corrected chi connectivity index (χ1v) is 12.6. The van der Waals surface area contributed by atoms with E-state index in [1.54, 1.807) is 12.1 Å². The van der Waals surface area contributed by atoms with Crippen LogP contribution in [0.15, 0.2) is 85.2 Å². The number of nitrogens with zero attached hydrogens (tertiary/aromatic N) is 2. The van der Waals surface area contributed by atoms with Crippen molar-refractivity contribution in [2.45, 2.75) is 18.9 Å². The number of benzene rings is 3. The summed E-state index contributed by atoms with van der Waals surface area (Å²) < 4.78 is 35.5. The maximum atomic E-state index is 14.6. The fraction of sp³-hybridized carbons (Fsp3) is 0.129. The van der Waals surface area contributed by atoms with E-state index in [1.165, 1.54) is 42.1 Å². The van der Waals surface area contributed by atoms with Gasteiger partial charge in [-0.3, -0.25) is 4.79 Å². The zero-order valence-electron chi connectivity index (χ0n) is 21.8. The first-order valence-electron chi connectivity index (χ1n) is 12.6. The van der Waals surface area contributed by atoms with E-state index in [4.69, 9.17) is 4.74 Å². The van der Waals surface area contributed by atoms with Gasteiger partial charge in [0.25, 0.3) is 5.91 Å². The number of carbonyl (C=O) groups is 2. The molecule has 208 valence electrons. The average Bonchev–Trinajstić information content (AvgIpc) is 3.38. The van der Waals surface area contributed by atoms with E-state index in [2.05, 4.69) is 10.3 Å². The van der Waals surface area contributed by atoms with Gasteiger partial charge < -0.3 is 24.7 Å². The minimum absolute atomic E-state index is 0.0307. The molecule has 0 saturated heterocycles. The third kappa shape index (κ3) is 6.01. The molecule has 2 heterocycles. The number of amides is 1. The van der Waals surface area contributed by atoms with E-state index in [0.29, 0.717) is 17.6 Å². The number of aromatic hydroxyl groups is 1. The summed E-state index contributed by atoms with van der Waals surface area (Å²) in [5.74, 6) is -3.51. The van der Waals surface area contributed by atoms with Crippen molar-refractivity contribution in [3.63, 3.8) is 0 Å². The van der Waals surface area contributed by atoms with Crippen LogP contribution < -0.4 is 10.1 Å². The van der Waals surface area contributed by atoms with E-state index in [0.717, 1.165) is 23.3 Å². The van der Waals surface area contributed by atoms with Crippen molar-refractivity contribution in [3.05, 3.63) is 119 Å². The summed E-state index contributed by atoms with van der Waals surface area (Å²) in [6.45, 7) is 0. The summed E-state index contributed by atoms with van der Waals surface area (Å²) in [6, 6.07) is 18.0. The highest BCUT2D eigenvalue weighted by Crippen LogP contribution is 2.30. The van der Waals surface area contributed by atoms with Gasteiger partial charge in [0.05, 0.1) is 12.7 Å². The highest BCUT2D eigenvalue weighted by atomic mass is 19.1. The molecular weight excluding hydrogens is 532 g/mol. The lowest BCUT2D eigenvalue weighted by Crippen LogP contribution is -2.42. The Hall–Kier alpha value is -5.25. The van der Waals surface area contributed by atoms with Gasteiger partial charge in [0.2, 0.25) is 0 Å². The van der Waals surface area contributed by atoms with Gasteiger partial charge in [-0.2, -0.15) is 0 Å². The molecule has 1 amide bonds. The summed E-state index contributed by atoms with van der Waals surface area (Å²) in [5.41, 5.74) is 2.56. The molecule has 0 radical (unpaired) electrons. The molecule has 0 aliphatic carbocycles. The third-order valence-corrected chi connectivity index (χ3v) is 6.68. The molecule has 8 nitrogen and oxygen atoms in total. The molecule has 0 bridgehead atoms. The van der Waals surface area contributed by atoms with Gasteiger partial charge in [0.15, 0.2) is 0 Å². The number of carboxylic acid groups (broad SMARTS) is 1. The second kappa shape index (κ2) is 11.5. The van der Waals surface area contributed by atoms with Crippen molar-refractivity contribution in [2.75, 3.05) is 7.11 Å². The van der Waals surface area contributed by atoms with Crippen LogP contribution in [0.25, 0.3) is 16.8 Å². The quantitative estimate of drug-likeness (QED) is 0.235. The van der Waals surface area contributed by atoms with Gasteiger partial charge in [0.1, 0.15) is 40.5 Å². The number of carboxylic acids is 1. The van der Waals surface area contributed by atoms with Crippen molar-refractivity contribution in [2.24, 2.45) is 0 Å². The topological polar surface area (TPSA) is 113 Å². The summed E-state index contributed by atoms with van der Waals surface area (Å²) in [6.07, 6.45) is 3.22. The molecule has 0 aliphatic heterocycles. The minimum Gasteiger partial charge on any atom is -0.508 e. The Morgan fingerprint density at radius 2 is 1.71 bits per heavy atom. The van der Waals surface area contributed by atoms with Crippen LogP contribution in [0.2, 0.25) is 0 Å². The summed E-state index contributed by atoms with van der Waals surface area (Å²) >= 11 is 0. The Balaban J connectivity index is 1.38. The zero-order chi connectivity index (χ0) is 29.1. The van der Waals surface area contributed by atoms with Crippen LogP contribution in [0, 0.1) is 11.6 Å². The number of hydrogen-bond acceptors (Lipinski definition) is 5. The van der Waals surface area contributed by atoms with Crippen LogP contribution in [0.3, 0.4) is 0 Å². The van der Waals surface area contributed by atoms with Crippen LogP contribution in [0.1, 0.15) is 27.2 Å². The van der Waals surface area contributed by atoms with E-state index < -0.39 is 29.6 Å². The fourth-order valence-electron chi connectivity index (χ4n) is 4.64. The highest BCUT2D eigenvalue weighted by Gasteiger charge is 2.24. The minimum atomic E-state index is -1.29. The van der Waals surface area contributed by atoms with Crippen molar-refractivity contribution < 1.29 is 33.3 Å². The van der Waals surface area contributed by atoms with Crippen LogP contribution in [-0.4, -0.2) is 44.6 Å². The number of imidazole rings is 1. The normalized spacial score (nSPS) is 11.8. The molecule has 0 unspecified atom stereocenters. The lowest BCUT2D eigenvalue weighted by Gasteiger charge is -2.17. The van der Waals surface area contributed by atoms with Gasteiger partial charge in [0, 0.05) is 36.5 Å². The van der Waals surface area contributed by atoms with Crippen LogP contribution in [0.4, 0.5) is 8.78 Å². The predicted molar refractivity (Wildman–Crippen MR) is 147 cm³/mol. The Kier molecular flexibility index (Phi) is 7.64. The Bertz CT molecular complexity index is 1730. The van der Waals surface area contributed by atoms with Crippen molar-refractivity contribution in [1.29, 1.82) is 0 Å². The molecule has 0 saturated carbocycles. The number of phenolic OH excluding ortho intramolecular Hbond substituents is 1. The molecule has 10 heteroatoms. The molecule has 41 heavy (non-hydrogen) atoms. The largest absolute Gasteiger partial charge is 0.508 e. The number of halogens is 2. The highest BCUT2D eigenvalue weighted by molar-refractivity contribution is 5.95. The molecular formula is C31H25F2N3O5. The lowest BCUT2D eigenvalue weighted by molar-refractivity contribution is -0.139. The number of rotatable bonds is 9. The number of aromatic nitrogens is 2. The zero-order valence-corrected chi connectivity index (χ0v) is 21.8. The van der Waals surface area contributed by atoms with Crippen LogP contribution in [0.5, 0.6) is 11.5 Å². The number of carbonyl (C=O) groups excluding carboxylic acids is 1. The van der Waals surface area contributed by atoms with Crippen molar-refractivity contribution in [3.8, 4) is 22.6 Å².